The van der Waals surface area contributed by atoms with E-state index in [1.165, 1.54) is 17.2 Å². The van der Waals surface area contributed by atoms with Crippen molar-refractivity contribution in [3.05, 3.63) is 18.0 Å². The summed E-state index contributed by atoms with van der Waals surface area (Å²) in [7, 11) is 0. The van der Waals surface area contributed by atoms with Crippen LogP contribution in [0.2, 0.25) is 0 Å². The zero-order valence-electron chi connectivity index (χ0n) is 10.1. The smallest absolute Gasteiger partial charge is 0.330 e. The molecule has 2 rings (SSSR count). The van der Waals surface area contributed by atoms with Gasteiger partial charge in [-0.2, -0.15) is 0 Å². The molecular formula is C11H15N3O4. The Morgan fingerprint density at radius 1 is 1.67 bits per heavy atom. The maximum absolute atomic E-state index is 12.1. The van der Waals surface area contributed by atoms with E-state index in [9.17, 15) is 9.59 Å². The molecule has 0 aliphatic carbocycles. The van der Waals surface area contributed by atoms with E-state index in [-0.39, 0.29) is 11.6 Å². The minimum Gasteiger partial charge on any atom is -0.464 e. The van der Waals surface area contributed by atoms with Gasteiger partial charge in [0.25, 0.3) is 5.91 Å². The van der Waals surface area contributed by atoms with E-state index in [1.807, 2.05) is 0 Å². The lowest BCUT2D eigenvalue weighted by Gasteiger charge is -2.33. The predicted octanol–water partition coefficient (Wildman–Crippen LogP) is -0.348. The molecule has 1 aromatic heterocycles. The molecule has 1 atom stereocenters. The van der Waals surface area contributed by atoms with Gasteiger partial charge in [-0.05, 0) is 6.92 Å². The predicted molar refractivity (Wildman–Crippen MR) is 60.8 cm³/mol. The first-order valence-electron chi connectivity index (χ1n) is 5.82. The largest absolute Gasteiger partial charge is 0.464 e. The molecule has 0 spiro atoms. The van der Waals surface area contributed by atoms with Gasteiger partial charge in [-0.1, -0.05) is 5.16 Å². The highest BCUT2D eigenvalue weighted by Gasteiger charge is 2.34. The Balaban J connectivity index is 2.12. The highest BCUT2D eigenvalue weighted by atomic mass is 16.5. The minimum absolute atomic E-state index is 0.200. The molecule has 1 fully saturated rings. The third-order valence-electron chi connectivity index (χ3n) is 2.72. The third kappa shape index (κ3) is 2.51. The summed E-state index contributed by atoms with van der Waals surface area (Å²) in [5.74, 6) is -0.718. The number of amides is 1. The summed E-state index contributed by atoms with van der Waals surface area (Å²) in [6, 6.07) is 0.870. The summed E-state index contributed by atoms with van der Waals surface area (Å²) in [6.45, 7) is 3.50. The summed E-state index contributed by atoms with van der Waals surface area (Å²) >= 11 is 0. The van der Waals surface area contributed by atoms with Gasteiger partial charge < -0.3 is 19.5 Å². The van der Waals surface area contributed by atoms with Gasteiger partial charge in [-0.15, -0.1) is 0 Å². The van der Waals surface area contributed by atoms with Crippen LogP contribution in [0.25, 0.3) is 0 Å². The van der Waals surface area contributed by atoms with E-state index in [0.717, 1.165) is 0 Å². The van der Waals surface area contributed by atoms with Gasteiger partial charge >= 0.3 is 5.97 Å². The van der Waals surface area contributed by atoms with Gasteiger partial charge in [0.2, 0.25) is 0 Å². The maximum atomic E-state index is 12.1. The van der Waals surface area contributed by atoms with E-state index in [4.69, 9.17) is 4.74 Å². The van der Waals surface area contributed by atoms with Crippen LogP contribution in [0, 0.1) is 0 Å². The fourth-order valence-electron chi connectivity index (χ4n) is 1.87. The lowest BCUT2D eigenvalue weighted by atomic mass is 10.1. The molecule has 0 aromatic carbocycles. The van der Waals surface area contributed by atoms with Crippen molar-refractivity contribution in [1.82, 2.24) is 15.4 Å². The van der Waals surface area contributed by atoms with Crippen LogP contribution in [0.15, 0.2) is 16.9 Å². The number of ether oxygens (including phenoxy) is 1. The molecule has 98 valence electrons. The second-order valence-corrected chi connectivity index (χ2v) is 3.86. The summed E-state index contributed by atoms with van der Waals surface area (Å²) in [5.41, 5.74) is 0.200. The second-order valence-electron chi connectivity index (χ2n) is 3.86. The van der Waals surface area contributed by atoms with Crippen molar-refractivity contribution < 1.29 is 18.8 Å². The van der Waals surface area contributed by atoms with Gasteiger partial charge in [0.1, 0.15) is 12.3 Å². The number of aromatic nitrogens is 1. The molecule has 0 saturated carbocycles. The van der Waals surface area contributed by atoms with E-state index in [2.05, 4.69) is 15.0 Å². The fourth-order valence-corrected chi connectivity index (χ4v) is 1.87. The quantitative estimate of drug-likeness (QED) is 0.741. The molecule has 2 heterocycles. The van der Waals surface area contributed by atoms with Crippen LogP contribution in [0.4, 0.5) is 0 Å². The van der Waals surface area contributed by atoms with E-state index < -0.39 is 12.0 Å². The van der Waals surface area contributed by atoms with Gasteiger partial charge in [-0.3, -0.25) is 4.79 Å². The van der Waals surface area contributed by atoms with Crippen molar-refractivity contribution in [2.24, 2.45) is 0 Å². The molecule has 1 aliphatic rings. The standard InChI is InChI=1S/C11H15N3O4/c1-2-17-11(16)9-7-12-4-5-14(9)10(15)8-3-6-18-13-8/h3,6,9,12H,2,4-5,7H2,1H3. The second kappa shape index (κ2) is 5.63. The first kappa shape index (κ1) is 12.6. The number of piperazine rings is 1. The Kier molecular flexibility index (Phi) is 3.93. The topological polar surface area (TPSA) is 84.7 Å². The van der Waals surface area contributed by atoms with Gasteiger partial charge in [0.05, 0.1) is 6.61 Å². The van der Waals surface area contributed by atoms with Crippen molar-refractivity contribution in [2.45, 2.75) is 13.0 Å². The van der Waals surface area contributed by atoms with E-state index in [0.29, 0.717) is 26.2 Å². The van der Waals surface area contributed by atoms with Gasteiger partial charge in [0.15, 0.2) is 5.69 Å². The SMILES string of the molecule is CCOC(=O)C1CNCCN1C(=O)c1ccon1. The monoisotopic (exact) mass is 253 g/mol. The van der Waals surface area contributed by atoms with Crippen LogP contribution in [-0.4, -0.2) is 54.2 Å². The molecule has 1 unspecified atom stereocenters. The summed E-state index contributed by atoms with van der Waals surface area (Å²) < 4.78 is 9.60. The number of nitrogens with one attached hydrogen (secondary N) is 1. The Morgan fingerprint density at radius 3 is 3.17 bits per heavy atom. The van der Waals surface area contributed by atoms with Crippen LogP contribution in [0.5, 0.6) is 0 Å². The molecule has 1 N–H and O–H groups in total. The lowest BCUT2D eigenvalue weighted by molar-refractivity contribution is -0.149. The molecular weight excluding hydrogens is 238 g/mol. The van der Waals surface area contributed by atoms with Crippen LogP contribution in [-0.2, 0) is 9.53 Å². The van der Waals surface area contributed by atoms with E-state index in [1.54, 1.807) is 6.92 Å². The minimum atomic E-state index is -0.608. The van der Waals surface area contributed by atoms with Crippen molar-refractivity contribution in [3.8, 4) is 0 Å². The summed E-state index contributed by atoms with van der Waals surface area (Å²) in [5, 5.41) is 6.66. The number of carbonyl (C=O) groups excluding carboxylic acids is 2. The number of hydrogen-bond acceptors (Lipinski definition) is 6. The number of hydrogen-bond donors (Lipinski definition) is 1. The van der Waals surface area contributed by atoms with Crippen molar-refractivity contribution in [3.63, 3.8) is 0 Å². The Labute approximate surface area is 104 Å². The zero-order chi connectivity index (χ0) is 13.0. The number of esters is 1. The van der Waals surface area contributed by atoms with Crippen LogP contribution < -0.4 is 5.32 Å². The van der Waals surface area contributed by atoms with Crippen molar-refractivity contribution >= 4 is 11.9 Å². The highest BCUT2D eigenvalue weighted by Crippen LogP contribution is 2.10. The van der Waals surface area contributed by atoms with Gasteiger partial charge in [0, 0.05) is 25.7 Å². The average molecular weight is 253 g/mol. The first-order chi connectivity index (χ1) is 8.74. The summed E-state index contributed by atoms with van der Waals surface area (Å²) in [4.78, 5) is 25.4. The van der Waals surface area contributed by atoms with Crippen LogP contribution in [0.1, 0.15) is 17.4 Å². The number of carbonyl (C=O) groups is 2. The molecule has 1 aliphatic heterocycles. The molecule has 7 nitrogen and oxygen atoms in total. The first-order valence-corrected chi connectivity index (χ1v) is 5.82. The molecule has 7 heteroatoms. The Bertz CT molecular complexity index is 418. The normalized spacial score (nSPS) is 19.6. The molecule has 0 radical (unpaired) electrons. The summed E-state index contributed by atoms with van der Waals surface area (Å²) in [6.07, 6.45) is 1.33. The van der Waals surface area contributed by atoms with Crippen molar-refractivity contribution in [1.29, 1.82) is 0 Å². The number of rotatable bonds is 3. The Hall–Kier alpha value is -1.89. The molecule has 0 bridgehead atoms. The molecule has 18 heavy (non-hydrogen) atoms. The maximum Gasteiger partial charge on any atom is 0.330 e. The number of nitrogens with zero attached hydrogens (tertiary/aromatic N) is 2. The van der Waals surface area contributed by atoms with Crippen LogP contribution in [0.3, 0.4) is 0 Å². The average Bonchev–Trinajstić information content (AvgIpc) is 2.92. The molecule has 1 amide bonds. The molecule has 1 saturated heterocycles. The Morgan fingerprint density at radius 2 is 2.50 bits per heavy atom. The van der Waals surface area contributed by atoms with Crippen LogP contribution >= 0.6 is 0 Å². The fraction of sp³-hybridized carbons (Fsp3) is 0.545. The van der Waals surface area contributed by atoms with Crippen molar-refractivity contribution in [2.75, 3.05) is 26.2 Å². The molecule has 1 aromatic rings. The highest BCUT2D eigenvalue weighted by molar-refractivity contribution is 5.95. The third-order valence-corrected chi connectivity index (χ3v) is 2.72. The zero-order valence-corrected chi connectivity index (χ0v) is 10.1. The lowest BCUT2D eigenvalue weighted by Crippen LogP contribution is -2.57. The van der Waals surface area contributed by atoms with Gasteiger partial charge in [-0.25, -0.2) is 4.79 Å². The van der Waals surface area contributed by atoms with E-state index >= 15 is 0 Å².